The van der Waals surface area contributed by atoms with Crippen molar-refractivity contribution in [2.24, 2.45) is 10.7 Å². The summed E-state index contributed by atoms with van der Waals surface area (Å²) < 4.78 is 6.50. The molecule has 7 heteroatoms. The third-order valence-electron chi connectivity index (χ3n) is 3.35. The molecule has 19 heavy (non-hydrogen) atoms. The van der Waals surface area contributed by atoms with Crippen LogP contribution in [0.2, 0.25) is 0 Å². The third-order valence-corrected chi connectivity index (χ3v) is 5.10. The maximum Gasteiger partial charge on any atom is 0.191 e. The summed E-state index contributed by atoms with van der Waals surface area (Å²) in [7, 11) is 0. The topological polar surface area (TPSA) is 50.8 Å². The van der Waals surface area contributed by atoms with Crippen molar-refractivity contribution >= 4 is 57.2 Å². The molecule has 0 amide bonds. The second kappa shape index (κ2) is 6.73. The molecule has 2 atom stereocenters. The molecule has 2 fully saturated rings. The highest BCUT2D eigenvalue weighted by atomic mass is 127. The van der Waals surface area contributed by atoms with Crippen LogP contribution in [0.5, 0.6) is 0 Å². The lowest BCUT2D eigenvalue weighted by Crippen LogP contribution is -2.45. The van der Waals surface area contributed by atoms with E-state index in [1.807, 2.05) is 0 Å². The average molecular weight is 458 g/mol. The Morgan fingerprint density at radius 2 is 2.16 bits per heavy atom. The fraction of sp³-hybridized carbons (Fsp3) is 0.583. The highest BCUT2D eigenvalue weighted by Crippen LogP contribution is 2.46. The number of rotatable bonds is 2. The fourth-order valence-electron chi connectivity index (χ4n) is 2.20. The zero-order valence-electron chi connectivity index (χ0n) is 10.4. The van der Waals surface area contributed by atoms with Crippen LogP contribution in [0.25, 0.3) is 0 Å². The number of thiophene rings is 1. The van der Waals surface area contributed by atoms with Crippen molar-refractivity contribution in [2.45, 2.75) is 18.4 Å². The smallest absolute Gasteiger partial charge is 0.191 e. The van der Waals surface area contributed by atoms with Gasteiger partial charge in [-0.25, -0.2) is 4.99 Å². The number of aliphatic imine (C=N–C) groups is 1. The van der Waals surface area contributed by atoms with Crippen molar-refractivity contribution in [3.05, 3.63) is 20.8 Å². The number of morpholine rings is 1. The maximum absolute atomic E-state index is 6.05. The molecule has 2 aliphatic rings. The Balaban J connectivity index is 0.00000133. The molecule has 1 aromatic rings. The number of halogens is 2. The Bertz CT molecular complexity index is 462. The molecular formula is C12H17BrIN3OS. The molecular weight excluding hydrogens is 441 g/mol. The molecule has 0 spiro atoms. The van der Waals surface area contributed by atoms with Gasteiger partial charge in [-0.1, -0.05) is 0 Å². The van der Waals surface area contributed by atoms with E-state index in [4.69, 9.17) is 10.5 Å². The summed E-state index contributed by atoms with van der Waals surface area (Å²) in [4.78, 5) is 8.16. The lowest BCUT2D eigenvalue weighted by Gasteiger charge is -2.27. The Labute approximate surface area is 142 Å². The first-order valence-corrected chi connectivity index (χ1v) is 7.76. The van der Waals surface area contributed by atoms with Crippen LogP contribution in [-0.4, -0.2) is 43.2 Å². The van der Waals surface area contributed by atoms with Gasteiger partial charge in [0, 0.05) is 23.9 Å². The first-order valence-electron chi connectivity index (χ1n) is 6.15. The van der Waals surface area contributed by atoms with Gasteiger partial charge in [0.25, 0.3) is 0 Å². The van der Waals surface area contributed by atoms with Crippen molar-refractivity contribution < 1.29 is 4.74 Å². The van der Waals surface area contributed by atoms with E-state index < -0.39 is 0 Å². The Kier molecular flexibility index (Phi) is 5.50. The maximum atomic E-state index is 6.05. The van der Waals surface area contributed by atoms with Gasteiger partial charge in [-0.15, -0.1) is 35.3 Å². The number of nitrogens with zero attached hydrogens (tertiary/aromatic N) is 2. The molecule has 2 heterocycles. The van der Waals surface area contributed by atoms with E-state index in [9.17, 15) is 0 Å². The SMILES string of the molecule is I.NC(=N[C@@H]1C[C@H]1c1ccc(Br)s1)N1CCOCC1. The van der Waals surface area contributed by atoms with Crippen molar-refractivity contribution in [1.82, 2.24) is 4.90 Å². The molecule has 0 radical (unpaired) electrons. The summed E-state index contributed by atoms with van der Waals surface area (Å²) in [5.74, 6) is 1.25. The van der Waals surface area contributed by atoms with E-state index in [2.05, 4.69) is 38.0 Å². The van der Waals surface area contributed by atoms with Crippen molar-refractivity contribution in [2.75, 3.05) is 26.3 Å². The average Bonchev–Trinajstić information content (AvgIpc) is 3.02. The standard InChI is InChI=1S/C12H16BrN3OS.HI/c13-11-2-1-10(18-11)8-7-9(8)15-12(14)16-3-5-17-6-4-16;/h1-2,8-9H,3-7H2,(H2,14,15);1H/t8-,9-;/m1./s1. The quantitative estimate of drug-likeness (QED) is 0.422. The van der Waals surface area contributed by atoms with E-state index >= 15 is 0 Å². The number of ether oxygens (including phenoxy) is 1. The van der Waals surface area contributed by atoms with Gasteiger partial charge in [-0.05, 0) is 34.5 Å². The van der Waals surface area contributed by atoms with Gasteiger partial charge in [0.1, 0.15) is 0 Å². The summed E-state index contributed by atoms with van der Waals surface area (Å²) in [5.41, 5.74) is 6.05. The zero-order chi connectivity index (χ0) is 12.5. The third kappa shape index (κ3) is 3.83. The normalized spacial score (nSPS) is 27.0. The molecule has 4 nitrogen and oxygen atoms in total. The van der Waals surface area contributed by atoms with Crippen LogP contribution in [0.15, 0.2) is 20.9 Å². The summed E-state index contributed by atoms with van der Waals surface area (Å²) in [6.45, 7) is 3.22. The summed E-state index contributed by atoms with van der Waals surface area (Å²) in [6, 6.07) is 4.66. The van der Waals surface area contributed by atoms with Crippen LogP contribution in [0.4, 0.5) is 0 Å². The molecule has 0 aromatic carbocycles. The predicted octanol–water partition coefficient (Wildman–Crippen LogP) is 2.63. The number of hydrogen-bond acceptors (Lipinski definition) is 3. The van der Waals surface area contributed by atoms with E-state index in [1.54, 1.807) is 11.3 Å². The van der Waals surface area contributed by atoms with Crippen molar-refractivity contribution in [1.29, 1.82) is 0 Å². The lowest BCUT2D eigenvalue weighted by atomic mass is 10.3. The van der Waals surface area contributed by atoms with Gasteiger partial charge in [-0.2, -0.15) is 0 Å². The molecule has 1 aromatic heterocycles. The minimum Gasteiger partial charge on any atom is -0.378 e. The number of guanidine groups is 1. The molecule has 3 rings (SSSR count). The van der Waals surface area contributed by atoms with E-state index in [0.717, 1.165) is 32.7 Å². The van der Waals surface area contributed by atoms with Crippen molar-refractivity contribution in [3.8, 4) is 0 Å². The molecule has 106 valence electrons. The largest absolute Gasteiger partial charge is 0.378 e. The number of nitrogens with two attached hydrogens (primary N) is 1. The minimum absolute atomic E-state index is 0. The Morgan fingerprint density at radius 1 is 1.42 bits per heavy atom. The first-order chi connectivity index (χ1) is 8.74. The minimum atomic E-state index is 0. The van der Waals surface area contributed by atoms with Gasteiger partial charge in [0.2, 0.25) is 0 Å². The van der Waals surface area contributed by atoms with Crippen LogP contribution in [0, 0.1) is 0 Å². The Hall–Kier alpha value is 0.140. The van der Waals surface area contributed by atoms with Gasteiger partial charge < -0.3 is 15.4 Å². The second-order valence-corrected chi connectivity index (χ2v) is 7.13. The number of hydrogen-bond donors (Lipinski definition) is 1. The zero-order valence-corrected chi connectivity index (χ0v) is 15.2. The summed E-state index contributed by atoms with van der Waals surface area (Å²) >= 11 is 5.30. The van der Waals surface area contributed by atoms with Crippen molar-refractivity contribution in [3.63, 3.8) is 0 Å². The molecule has 2 N–H and O–H groups in total. The molecule has 0 unspecified atom stereocenters. The second-order valence-electron chi connectivity index (χ2n) is 4.64. The molecule has 1 aliphatic heterocycles. The van der Waals surface area contributed by atoms with E-state index in [1.165, 1.54) is 8.66 Å². The fourth-order valence-corrected chi connectivity index (χ4v) is 3.80. The molecule has 1 aliphatic carbocycles. The van der Waals surface area contributed by atoms with Crippen LogP contribution in [0.3, 0.4) is 0 Å². The van der Waals surface area contributed by atoms with Gasteiger partial charge in [0.05, 0.1) is 23.0 Å². The molecule has 1 saturated heterocycles. The van der Waals surface area contributed by atoms with Crippen LogP contribution in [-0.2, 0) is 4.74 Å². The summed E-state index contributed by atoms with van der Waals surface area (Å²) in [5, 5.41) is 0. The van der Waals surface area contributed by atoms with Gasteiger partial charge in [-0.3, -0.25) is 0 Å². The predicted molar refractivity (Wildman–Crippen MR) is 92.6 cm³/mol. The molecule has 0 bridgehead atoms. The Morgan fingerprint density at radius 3 is 2.79 bits per heavy atom. The lowest BCUT2D eigenvalue weighted by molar-refractivity contribution is 0.0674. The van der Waals surface area contributed by atoms with E-state index in [-0.39, 0.29) is 24.0 Å². The monoisotopic (exact) mass is 457 g/mol. The highest BCUT2D eigenvalue weighted by molar-refractivity contribution is 14.0. The van der Waals surface area contributed by atoms with Crippen LogP contribution < -0.4 is 5.73 Å². The van der Waals surface area contributed by atoms with Gasteiger partial charge in [0.15, 0.2) is 5.96 Å². The molecule has 1 saturated carbocycles. The van der Waals surface area contributed by atoms with Crippen LogP contribution >= 0.6 is 51.2 Å². The summed E-state index contributed by atoms with van der Waals surface area (Å²) in [6.07, 6.45) is 1.12. The first kappa shape index (κ1) is 15.5. The van der Waals surface area contributed by atoms with E-state index in [0.29, 0.717) is 17.9 Å². The van der Waals surface area contributed by atoms with Gasteiger partial charge >= 0.3 is 0 Å². The highest BCUT2D eigenvalue weighted by Gasteiger charge is 2.40. The van der Waals surface area contributed by atoms with Crippen LogP contribution in [0.1, 0.15) is 17.2 Å².